The number of carbonyl (C=O) groups excluding carboxylic acids is 2. The van der Waals surface area contributed by atoms with Gasteiger partial charge < -0.3 is 14.4 Å². The Balaban J connectivity index is 1.46. The van der Waals surface area contributed by atoms with Crippen molar-refractivity contribution < 1.29 is 19.1 Å². The van der Waals surface area contributed by atoms with E-state index in [0.717, 1.165) is 17.1 Å². The van der Waals surface area contributed by atoms with E-state index < -0.39 is 5.41 Å². The Labute approximate surface area is 176 Å². The van der Waals surface area contributed by atoms with Crippen molar-refractivity contribution in [2.45, 2.75) is 39.0 Å². The molecule has 1 fully saturated rings. The summed E-state index contributed by atoms with van der Waals surface area (Å²) in [6.07, 6.45) is 0.479. The first-order chi connectivity index (χ1) is 13.8. The van der Waals surface area contributed by atoms with Crippen molar-refractivity contribution in [2.75, 3.05) is 12.5 Å². The fourth-order valence-corrected chi connectivity index (χ4v) is 3.82. The zero-order valence-electron chi connectivity index (χ0n) is 17.1. The van der Waals surface area contributed by atoms with Crippen molar-refractivity contribution in [1.29, 1.82) is 0 Å². The molecule has 0 aliphatic carbocycles. The number of benzene rings is 2. The molecule has 1 heterocycles. The number of ether oxygens (including phenoxy) is 2. The lowest BCUT2D eigenvalue weighted by atomic mass is 9.98. The van der Waals surface area contributed by atoms with E-state index in [1.54, 1.807) is 0 Å². The topological polar surface area (TPSA) is 55.8 Å². The number of thioether (sulfide) groups is 1. The fourth-order valence-electron chi connectivity index (χ4n) is 2.91. The number of esters is 1. The fraction of sp³-hybridized carbons (Fsp3) is 0.391. The van der Waals surface area contributed by atoms with Crippen LogP contribution in [0.15, 0.2) is 54.6 Å². The summed E-state index contributed by atoms with van der Waals surface area (Å²) in [4.78, 5) is 26.0. The molecule has 29 heavy (non-hydrogen) atoms. The van der Waals surface area contributed by atoms with Gasteiger partial charge >= 0.3 is 5.97 Å². The van der Waals surface area contributed by atoms with Gasteiger partial charge in [-0.2, -0.15) is 0 Å². The molecule has 1 aliphatic heterocycles. The molecule has 1 saturated heterocycles. The highest BCUT2D eigenvalue weighted by Crippen LogP contribution is 2.27. The highest BCUT2D eigenvalue weighted by Gasteiger charge is 2.30. The van der Waals surface area contributed by atoms with Gasteiger partial charge in [-0.1, -0.05) is 30.3 Å². The third kappa shape index (κ3) is 6.26. The third-order valence-corrected chi connectivity index (χ3v) is 5.60. The van der Waals surface area contributed by atoms with Gasteiger partial charge in [0.15, 0.2) is 0 Å². The number of likely N-dealkylation sites (tertiary alicyclic amines) is 1. The van der Waals surface area contributed by atoms with Crippen molar-refractivity contribution in [3.05, 3.63) is 60.2 Å². The maximum atomic E-state index is 12.3. The van der Waals surface area contributed by atoms with Crippen LogP contribution in [0.4, 0.5) is 0 Å². The zero-order chi connectivity index (χ0) is 20.9. The van der Waals surface area contributed by atoms with Crippen molar-refractivity contribution >= 4 is 23.6 Å². The molecule has 0 N–H and O–H groups in total. The van der Waals surface area contributed by atoms with Gasteiger partial charge in [0.1, 0.15) is 17.4 Å². The van der Waals surface area contributed by atoms with Crippen molar-refractivity contribution in [2.24, 2.45) is 5.41 Å². The highest BCUT2D eigenvalue weighted by atomic mass is 32.2. The summed E-state index contributed by atoms with van der Waals surface area (Å²) in [6.45, 7) is 6.73. The first kappa shape index (κ1) is 21.2. The van der Waals surface area contributed by atoms with Crippen LogP contribution < -0.4 is 4.74 Å². The summed E-state index contributed by atoms with van der Waals surface area (Å²) < 4.78 is 11.1. The van der Waals surface area contributed by atoms with Gasteiger partial charge in [-0.05, 0) is 50.6 Å². The monoisotopic (exact) mass is 413 g/mol. The molecule has 1 amide bonds. The largest absolute Gasteiger partial charge is 0.457 e. The van der Waals surface area contributed by atoms with E-state index in [1.165, 1.54) is 11.8 Å². The van der Waals surface area contributed by atoms with Gasteiger partial charge in [-0.3, -0.25) is 9.59 Å². The van der Waals surface area contributed by atoms with Gasteiger partial charge in [0.25, 0.3) is 0 Å². The van der Waals surface area contributed by atoms with E-state index in [-0.39, 0.29) is 23.1 Å². The Hall–Kier alpha value is -2.47. The molecule has 2 aromatic carbocycles. The van der Waals surface area contributed by atoms with E-state index in [1.807, 2.05) is 80.3 Å². The van der Waals surface area contributed by atoms with Gasteiger partial charge in [-0.25, -0.2) is 0 Å². The molecule has 3 rings (SSSR count). The summed E-state index contributed by atoms with van der Waals surface area (Å²) in [6, 6.07) is 17.4. The molecule has 1 atom stereocenters. The first-order valence-corrected chi connectivity index (χ1v) is 10.7. The van der Waals surface area contributed by atoms with Crippen LogP contribution in [-0.4, -0.2) is 34.5 Å². The quantitative estimate of drug-likeness (QED) is 0.479. The minimum absolute atomic E-state index is 0.134. The molecule has 1 unspecified atom stereocenters. The Kier molecular flexibility index (Phi) is 6.85. The number of carbonyl (C=O) groups is 2. The second-order valence-electron chi connectivity index (χ2n) is 8.13. The second kappa shape index (κ2) is 9.35. The van der Waals surface area contributed by atoms with Gasteiger partial charge in [-0.15, -0.1) is 11.8 Å². The number of para-hydroxylation sites is 1. The molecule has 154 valence electrons. The number of rotatable bonds is 7. The minimum atomic E-state index is -0.505. The maximum absolute atomic E-state index is 12.3. The van der Waals surface area contributed by atoms with E-state index in [0.29, 0.717) is 19.5 Å². The number of hydrogen-bond acceptors (Lipinski definition) is 5. The molecule has 0 bridgehead atoms. The molecule has 2 aromatic rings. The van der Waals surface area contributed by atoms with Gasteiger partial charge in [0.05, 0.1) is 5.41 Å². The Morgan fingerprint density at radius 3 is 2.38 bits per heavy atom. The van der Waals surface area contributed by atoms with Crippen LogP contribution in [-0.2, 0) is 20.9 Å². The third-order valence-electron chi connectivity index (χ3n) is 4.56. The number of amides is 1. The predicted molar refractivity (Wildman–Crippen MR) is 115 cm³/mol. The molecule has 1 aliphatic rings. The van der Waals surface area contributed by atoms with Gasteiger partial charge in [0.2, 0.25) is 5.91 Å². The summed E-state index contributed by atoms with van der Waals surface area (Å²) in [5.41, 5.74) is 0.553. The molecule has 0 radical (unpaired) electrons. The van der Waals surface area contributed by atoms with Crippen LogP contribution in [0.3, 0.4) is 0 Å². The zero-order valence-corrected chi connectivity index (χ0v) is 17.9. The van der Waals surface area contributed by atoms with Crippen LogP contribution in [0.5, 0.6) is 11.5 Å². The predicted octanol–water partition coefficient (Wildman–Crippen LogP) is 4.86. The first-order valence-electron chi connectivity index (χ1n) is 9.70. The average Bonchev–Trinajstić information content (AvgIpc) is 3.02. The average molecular weight is 414 g/mol. The molecule has 6 heteroatoms. The molecule has 0 aromatic heterocycles. The smallest absolute Gasteiger partial charge is 0.312 e. The molecular weight excluding hydrogens is 386 g/mol. The van der Waals surface area contributed by atoms with E-state index in [9.17, 15) is 9.59 Å². The number of nitrogens with zero attached hydrogens (tertiary/aromatic N) is 1. The Morgan fingerprint density at radius 2 is 1.72 bits per heavy atom. The maximum Gasteiger partial charge on any atom is 0.312 e. The molecule has 0 spiro atoms. The minimum Gasteiger partial charge on any atom is -0.457 e. The molecule has 0 saturated carbocycles. The van der Waals surface area contributed by atoms with Crippen LogP contribution in [0.25, 0.3) is 0 Å². The van der Waals surface area contributed by atoms with Crippen LogP contribution >= 0.6 is 11.8 Å². The highest BCUT2D eigenvalue weighted by molar-refractivity contribution is 7.99. The normalized spacial score (nSPS) is 16.7. The summed E-state index contributed by atoms with van der Waals surface area (Å²) in [5, 5.41) is 0.149. The molecular formula is C23H27NO4S. The van der Waals surface area contributed by atoms with Crippen molar-refractivity contribution in [3.63, 3.8) is 0 Å². The summed E-state index contributed by atoms with van der Waals surface area (Å²) in [7, 11) is 0. The SMILES string of the molecule is CC(C)(C)C(=O)OCSC1CC(=O)N(Cc2ccc(Oc3ccccc3)cc2)C1. The lowest BCUT2D eigenvalue weighted by molar-refractivity contribution is -0.150. The van der Waals surface area contributed by atoms with E-state index in [2.05, 4.69) is 0 Å². The van der Waals surface area contributed by atoms with Crippen molar-refractivity contribution in [3.8, 4) is 11.5 Å². The Bertz CT molecular complexity index is 830. The Morgan fingerprint density at radius 1 is 1.07 bits per heavy atom. The van der Waals surface area contributed by atoms with E-state index >= 15 is 0 Å². The summed E-state index contributed by atoms with van der Waals surface area (Å²) in [5.74, 6) is 1.76. The van der Waals surface area contributed by atoms with Crippen LogP contribution in [0.2, 0.25) is 0 Å². The van der Waals surface area contributed by atoms with Crippen molar-refractivity contribution in [1.82, 2.24) is 4.90 Å². The lowest BCUT2D eigenvalue weighted by Crippen LogP contribution is -2.25. The standard InChI is InChI=1S/C23H27NO4S/c1-23(2,3)22(26)27-16-29-20-13-21(25)24(15-20)14-17-9-11-19(12-10-17)28-18-7-5-4-6-8-18/h4-12,20H,13-16H2,1-3H3. The van der Waals surface area contributed by atoms with E-state index in [4.69, 9.17) is 9.47 Å². The number of hydrogen-bond donors (Lipinski definition) is 0. The summed E-state index contributed by atoms with van der Waals surface area (Å²) >= 11 is 1.52. The molecule has 5 nitrogen and oxygen atoms in total. The lowest BCUT2D eigenvalue weighted by Gasteiger charge is -2.18. The van der Waals surface area contributed by atoms with Crippen LogP contribution in [0, 0.1) is 5.41 Å². The second-order valence-corrected chi connectivity index (χ2v) is 9.36. The van der Waals surface area contributed by atoms with Crippen LogP contribution in [0.1, 0.15) is 32.8 Å². The van der Waals surface area contributed by atoms with Gasteiger partial charge in [0, 0.05) is 24.8 Å².